The zero-order chi connectivity index (χ0) is 13.7. The van der Waals surface area contributed by atoms with E-state index >= 15 is 0 Å². The largest absolute Gasteiger partial charge is 0.392 e. The molecule has 0 spiro atoms. The van der Waals surface area contributed by atoms with Gasteiger partial charge in [-0.2, -0.15) is 0 Å². The van der Waals surface area contributed by atoms with Crippen LogP contribution >= 0.6 is 24.8 Å². The molecule has 0 aliphatic carbocycles. The number of carbonyl (C=O) groups is 1. The molecular formula is C13H27Cl2N3O3. The van der Waals surface area contributed by atoms with Crippen molar-refractivity contribution in [2.75, 3.05) is 52.5 Å². The third-order valence-corrected chi connectivity index (χ3v) is 3.85. The SMILES string of the molecule is CCOCCN1CCN(C(=O)C2CC(O)CN2)CC1.Cl.Cl. The van der Waals surface area contributed by atoms with Crippen LogP contribution in [-0.4, -0.2) is 85.4 Å². The summed E-state index contributed by atoms with van der Waals surface area (Å²) >= 11 is 0. The Bertz CT molecular complexity index is 302. The van der Waals surface area contributed by atoms with Gasteiger partial charge in [-0.05, 0) is 13.3 Å². The highest BCUT2D eigenvalue weighted by atomic mass is 35.5. The first kappa shape index (κ1) is 20.9. The fourth-order valence-corrected chi connectivity index (χ4v) is 2.66. The van der Waals surface area contributed by atoms with E-state index in [4.69, 9.17) is 4.74 Å². The van der Waals surface area contributed by atoms with Crippen molar-refractivity contribution in [1.82, 2.24) is 15.1 Å². The minimum absolute atomic E-state index is 0. The molecule has 2 atom stereocenters. The van der Waals surface area contributed by atoms with E-state index in [0.717, 1.165) is 45.9 Å². The Morgan fingerprint density at radius 2 is 1.95 bits per heavy atom. The molecule has 0 aromatic carbocycles. The molecule has 2 aliphatic heterocycles. The summed E-state index contributed by atoms with van der Waals surface area (Å²) < 4.78 is 5.34. The zero-order valence-corrected chi connectivity index (χ0v) is 14.1. The predicted octanol–water partition coefficient (Wildman–Crippen LogP) is -0.266. The number of rotatable bonds is 5. The molecule has 2 unspecified atom stereocenters. The highest BCUT2D eigenvalue weighted by molar-refractivity contribution is 5.85. The number of carbonyl (C=O) groups excluding carboxylic acids is 1. The van der Waals surface area contributed by atoms with Crippen molar-refractivity contribution >= 4 is 30.7 Å². The van der Waals surface area contributed by atoms with Gasteiger partial charge in [-0.1, -0.05) is 0 Å². The van der Waals surface area contributed by atoms with E-state index in [1.165, 1.54) is 0 Å². The van der Waals surface area contributed by atoms with Gasteiger partial charge in [0.05, 0.1) is 18.8 Å². The first-order valence-corrected chi connectivity index (χ1v) is 7.21. The maximum absolute atomic E-state index is 12.2. The van der Waals surface area contributed by atoms with Gasteiger partial charge in [0.2, 0.25) is 5.91 Å². The number of ether oxygens (including phenoxy) is 1. The van der Waals surface area contributed by atoms with Crippen molar-refractivity contribution in [3.05, 3.63) is 0 Å². The maximum Gasteiger partial charge on any atom is 0.239 e. The molecule has 8 heteroatoms. The van der Waals surface area contributed by atoms with Crippen molar-refractivity contribution in [3.8, 4) is 0 Å². The number of nitrogens with zero attached hydrogens (tertiary/aromatic N) is 2. The molecule has 0 saturated carbocycles. The number of nitrogens with one attached hydrogen (secondary N) is 1. The van der Waals surface area contributed by atoms with Crippen molar-refractivity contribution in [2.24, 2.45) is 0 Å². The number of hydrogen-bond donors (Lipinski definition) is 2. The molecule has 1 amide bonds. The molecular weight excluding hydrogens is 317 g/mol. The fraction of sp³-hybridized carbons (Fsp3) is 0.923. The van der Waals surface area contributed by atoms with Gasteiger partial charge in [-0.25, -0.2) is 0 Å². The molecule has 2 aliphatic rings. The summed E-state index contributed by atoms with van der Waals surface area (Å²) in [6.07, 6.45) is 0.171. The van der Waals surface area contributed by atoms with Gasteiger partial charge in [-0.15, -0.1) is 24.8 Å². The van der Waals surface area contributed by atoms with Crippen LogP contribution in [0, 0.1) is 0 Å². The van der Waals surface area contributed by atoms with Crippen LogP contribution < -0.4 is 5.32 Å². The lowest BCUT2D eigenvalue weighted by Gasteiger charge is -2.35. The third kappa shape index (κ3) is 6.26. The first-order valence-electron chi connectivity index (χ1n) is 7.21. The number of aliphatic hydroxyl groups excluding tert-OH is 1. The van der Waals surface area contributed by atoms with Gasteiger partial charge in [-0.3, -0.25) is 9.69 Å². The number of aliphatic hydroxyl groups is 1. The van der Waals surface area contributed by atoms with Crippen LogP contribution in [0.4, 0.5) is 0 Å². The number of amides is 1. The first-order chi connectivity index (χ1) is 9.20. The molecule has 126 valence electrons. The molecule has 2 saturated heterocycles. The average molecular weight is 344 g/mol. The summed E-state index contributed by atoms with van der Waals surface area (Å²) in [5.74, 6) is 0.140. The fourth-order valence-electron chi connectivity index (χ4n) is 2.66. The number of piperazine rings is 1. The Kier molecular flexibility index (Phi) is 10.5. The van der Waals surface area contributed by atoms with Crippen LogP contribution in [0.25, 0.3) is 0 Å². The van der Waals surface area contributed by atoms with Crippen LogP contribution in [0.2, 0.25) is 0 Å². The Morgan fingerprint density at radius 1 is 1.29 bits per heavy atom. The van der Waals surface area contributed by atoms with Gasteiger partial charge >= 0.3 is 0 Å². The molecule has 0 aromatic rings. The van der Waals surface area contributed by atoms with Gasteiger partial charge in [0.15, 0.2) is 0 Å². The second-order valence-electron chi connectivity index (χ2n) is 5.21. The normalized spacial score (nSPS) is 26.1. The number of halogens is 2. The summed E-state index contributed by atoms with van der Waals surface area (Å²) in [5, 5.41) is 12.5. The van der Waals surface area contributed by atoms with Crippen molar-refractivity contribution in [3.63, 3.8) is 0 Å². The van der Waals surface area contributed by atoms with Crippen LogP contribution in [0.15, 0.2) is 0 Å². The van der Waals surface area contributed by atoms with Gasteiger partial charge in [0.25, 0.3) is 0 Å². The van der Waals surface area contributed by atoms with Crippen LogP contribution in [0.5, 0.6) is 0 Å². The number of hydrogen-bond acceptors (Lipinski definition) is 5. The summed E-state index contributed by atoms with van der Waals surface area (Å²) in [6.45, 7) is 8.37. The van der Waals surface area contributed by atoms with E-state index in [9.17, 15) is 9.90 Å². The molecule has 2 N–H and O–H groups in total. The van der Waals surface area contributed by atoms with Crippen LogP contribution in [-0.2, 0) is 9.53 Å². The Morgan fingerprint density at radius 3 is 2.48 bits per heavy atom. The smallest absolute Gasteiger partial charge is 0.239 e. The van der Waals surface area contributed by atoms with Crippen LogP contribution in [0.3, 0.4) is 0 Å². The molecule has 0 bridgehead atoms. The van der Waals surface area contributed by atoms with E-state index in [-0.39, 0.29) is 42.9 Å². The Labute approximate surface area is 139 Å². The monoisotopic (exact) mass is 343 g/mol. The van der Waals surface area contributed by atoms with Crippen molar-refractivity contribution in [2.45, 2.75) is 25.5 Å². The highest BCUT2D eigenvalue weighted by Crippen LogP contribution is 2.11. The zero-order valence-electron chi connectivity index (χ0n) is 12.5. The predicted molar refractivity (Wildman–Crippen MR) is 86.4 cm³/mol. The Hall–Kier alpha value is -0.110. The maximum atomic E-state index is 12.2. The van der Waals surface area contributed by atoms with E-state index in [1.54, 1.807) is 0 Å². The second-order valence-corrected chi connectivity index (χ2v) is 5.21. The summed E-state index contributed by atoms with van der Waals surface area (Å²) in [4.78, 5) is 16.5. The van der Waals surface area contributed by atoms with Gasteiger partial charge in [0, 0.05) is 45.9 Å². The second kappa shape index (κ2) is 10.6. The summed E-state index contributed by atoms with van der Waals surface area (Å²) in [5.41, 5.74) is 0. The van der Waals surface area contributed by atoms with E-state index in [1.807, 2.05) is 11.8 Å². The lowest BCUT2D eigenvalue weighted by atomic mass is 10.1. The molecule has 2 heterocycles. The standard InChI is InChI=1S/C13H25N3O3.2ClH/c1-2-19-8-7-15-3-5-16(6-4-15)13(18)12-9-11(17)10-14-12;;/h11-12,14,17H,2-10H2,1H3;2*1H. The quantitative estimate of drug-likeness (QED) is 0.673. The lowest BCUT2D eigenvalue weighted by Crippen LogP contribution is -2.53. The van der Waals surface area contributed by atoms with Crippen molar-refractivity contribution in [1.29, 1.82) is 0 Å². The summed E-state index contributed by atoms with van der Waals surface area (Å²) in [7, 11) is 0. The number of β-amino-alcohol motifs (C(OH)–C–C–N with tert-alkyl or cyclic N) is 1. The highest BCUT2D eigenvalue weighted by Gasteiger charge is 2.32. The lowest BCUT2D eigenvalue weighted by molar-refractivity contribution is -0.135. The molecule has 2 rings (SSSR count). The topological polar surface area (TPSA) is 65.0 Å². The van der Waals surface area contributed by atoms with Crippen molar-refractivity contribution < 1.29 is 14.6 Å². The van der Waals surface area contributed by atoms with E-state index in [2.05, 4.69) is 10.2 Å². The molecule has 6 nitrogen and oxygen atoms in total. The average Bonchev–Trinajstić information content (AvgIpc) is 2.86. The van der Waals surface area contributed by atoms with Gasteiger partial charge < -0.3 is 20.1 Å². The minimum Gasteiger partial charge on any atom is -0.392 e. The summed E-state index contributed by atoms with van der Waals surface area (Å²) in [6, 6.07) is -0.190. The molecule has 0 aromatic heterocycles. The molecule has 21 heavy (non-hydrogen) atoms. The Balaban J connectivity index is 0.00000200. The minimum atomic E-state index is -0.374. The van der Waals surface area contributed by atoms with E-state index < -0.39 is 0 Å². The molecule has 0 radical (unpaired) electrons. The third-order valence-electron chi connectivity index (χ3n) is 3.85. The molecule has 2 fully saturated rings. The van der Waals surface area contributed by atoms with E-state index in [0.29, 0.717) is 13.0 Å². The van der Waals surface area contributed by atoms with Crippen LogP contribution in [0.1, 0.15) is 13.3 Å². The van der Waals surface area contributed by atoms with Gasteiger partial charge in [0.1, 0.15) is 0 Å².